The van der Waals surface area contributed by atoms with Gasteiger partial charge in [-0.05, 0) is 30.8 Å². The second kappa shape index (κ2) is 13.7. The summed E-state index contributed by atoms with van der Waals surface area (Å²) in [4.78, 5) is 8.93. The van der Waals surface area contributed by atoms with E-state index in [1.165, 1.54) is 11.1 Å². The second-order valence-corrected chi connectivity index (χ2v) is 9.02. The van der Waals surface area contributed by atoms with Crippen LogP contribution in [0.1, 0.15) is 16.7 Å². The van der Waals surface area contributed by atoms with E-state index >= 15 is 0 Å². The topological polar surface area (TPSA) is 44.6 Å². The number of halogens is 5. The summed E-state index contributed by atoms with van der Waals surface area (Å²) >= 11 is 0. The van der Waals surface area contributed by atoms with Crippen molar-refractivity contribution in [2.45, 2.75) is 13.1 Å². The van der Waals surface area contributed by atoms with Gasteiger partial charge in [-0.2, -0.15) is 36.5 Å². The Bertz CT molecular complexity index is 1680. The quantitative estimate of drug-likeness (QED) is 0.106. The van der Waals surface area contributed by atoms with Gasteiger partial charge in [0, 0.05) is 38.5 Å². The van der Waals surface area contributed by atoms with Gasteiger partial charge in [0.1, 0.15) is 17.7 Å². The van der Waals surface area contributed by atoms with E-state index in [9.17, 15) is 22.0 Å². The van der Waals surface area contributed by atoms with Crippen LogP contribution in [0.2, 0.25) is 0 Å². The van der Waals surface area contributed by atoms with Crippen molar-refractivity contribution in [1.29, 1.82) is 0 Å². The number of nitrogens with zero attached hydrogens (tertiary/aromatic N) is 5. The number of pyridine rings is 2. The molecule has 5 nitrogen and oxygen atoms in total. The minimum absolute atomic E-state index is 0. The summed E-state index contributed by atoms with van der Waals surface area (Å²) in [6, 6.07) is 32.2. The van der Waals surface area contributed by atoms with Crippen molar-refractivity contribution < 1.29 is 43.0 Å². The van der Waals surface area contributed by atoms with Gasteiger partial charge in [0.15, 0.2) is 0 Å². The minimum Gasteiger partial charge on any atom is -0.456 e. The van der Waals surface area contributed by atoms with Crippen molar-refractivity contribution in [1.82, 2.24) is 9.97 Å². The number of anilines is 2. The van der Waals surface area contributed by atoms with E-state index in [-0.39, 0.29) is 26.6 Å². The summed E-state index contributed by atoms with van der Waals surface area (Å²) in [6.07, 6.45) is -2.83. The molecule has 2 aromatic heterocycles. The van der Waals surface area contributed by atoms with Crippen LogP contribution in [-0.2, 0) is 27.2 Å². The fourth-order valence-electron chi connectivity index (χ4n) is 3.98. The van der Waals surface area contributed by atoms with Crippen LogP contribution in [-0.4, -0.2) is 15.8 Å². The van der Waals surface area contributed by atoms with Crippen molar-refractivity contribution >= 4 is 17.2 Å². The van der Waals surface area contributed by atoms with E-state index in [0.29, 0.717) is 17.2 Å². The van der Waals surface area contributed by atoms with Crippen LogP contribution in [0.3, 0.4) is 0 Å². The summed E-state index contributed by atoms with van der Waals surface area (Å²) in [5, 5.41) is 6.11. The number of amidine groups is 1. The van der Waals surface area contributed by atoms with Crippen LogP contribution in [0.4, 0.5) is 33.3 Å². The van der Waals surface area contributed by atoms with Gasteiger partial charge in [-0.3, -0.25) is 4.98 Å². The molecule has 222 valence electrons. The maximum Gasteiger partial charge on any atom is 0.370 e. The summed E-state index contributed by atoms with van der Waals surface area (Å²) in [5.74, 6) is -1.10. The molecule has 11 heteroatoms. The Balaban J connectivity index is 0.000000225. The van der Waals surface area contributed by atoms with E-state index < -0.39 is 23.6 Å². The zero-order chi connectivity index (χ0) is 29.7. The molecule has 0 atom stereocenters. The molecule has 0 bridgehead atoms. The molecule has 0 fully saturated rings. The first-order chi connectivity index (χ1) is 20.2. The molecule has 6 rings (SSSR count). The molecule has 3 heterocycles. The number of benzene rings is 3. The molecule has 0 N–H and O–H groups in total. The molecule has 0 aliphatic carbocycles. The number of hydrogen-bond donors (Lipinski definition) is 0. The van der Waals surface area contributed by atoms with Crippen molar-refractivity contribution in [3.8, 4) is 11.3 Å². The van der Waals surface area contributed by atoms with E-state index in [2.05, 4.69) is 27.2 Å². The van der Waals surface area contributed by atoms with Crippen molar-refractivity contribution in [3.63, 3.8) is 0 Å². The third-order valence-electron chi connectivity index (χ3n) is 6.01. The molecule has 0 amide bonds. The monoisotopic (exact) mass is 765 g/mol. The molecule has 0 saturated carbocycles. The predicted molar refractivity (Wildman–Crippen MR) is 150 cm³/mol. The van der Waals surface area contributed by atoms with Crippen LogP contribution >= 0.6 is 0 Å². The van der Waals surface area contributed by atoms with Gasteiger partial charge in [-0.25, -0.2) is 8.78 Å². The zero-order valence-electron chi connectivity index (χ0n) is 22.3. The number of aryl methyl sites for hydroxylation is 1. The first-order valence-electron chi connectivity index (χ1n) is 12.6. The fraction of sp³-hybridized carbons (Fsp3) is 0.0625. The summed E-state index contributed by atoms with van der Waals surface area (Å²) in [6.45, 7) is 3.59. The third-order valence-corrected chi connectivity index (χ3v) is 6.01. The van der Waals surface area contributed by atoms with Crippen molar-refractivity contribution in [3.05, 3.63) is 151 Å². The maximum atomic E-state index is 13.2. The number of para-hydroxylation sites is 1. The van der Waals surface area contributed by atoms with Crippen LogP contribution in [0.5, 0.6) is 0 Å². The normalized spacial score (nSPS) is 12.7. The number of aromatic nitrogens is 2. The van der Waals surface area contributed by atoms with Gasteiger partial charge < -0.3 is 14.9 Å². The molecule has 0 spiro atoms. The Labute approximate surface area is 259 Å². The van der Waals surface area contributed by atoms with Gasteiger partial charge in [0.05, 0.1) is 0 Å². The number of alkyl halides is 3. The smallest absolute Gasteiger partial charge is 0.370 e. The molecule has 0 saturated heterocycles. The number of rotatable bonds is 4. The van der Waals surface area contributed by atoms with Gasteiger partial charge in [-0.15, -0.1) is 18.8 Å². The van der Waals surface area contributed by atoms with Crippen LogP contribution in [0, 0.1) is 37.6 Å². The Hall–Kier alpha value is -4.43. The van der Waals surface area contributed by atoms with Crippen LogP contribution < -0.4 is 9.91 Å². The summed E-state index contributed by atoms with van der Waals surface area (Å²) < 4.78 is 64.1. The molecular formula is C32H21F5N5Pt-3. The first kappa shape index (κ1) is 31.5. The molecule has 5 aromatic rings. The molecule has 43 heavy (non-hydrogen) atoms. The largest absolute Gasteiger partial charge is 0.456 e. The van der Waals surface area contributed by atoms with Crippen LogP contribution in [0.15, 0.2) is 108 Å². The predicted octanol–water partition coefficient (Wildman–Crippen LogP) is 7.84. The summed E-state index contributed by atoms with van der Waals surface area (Å²) in [5.41, 5.74) is 2.91. The Morgan fingerprint density at radius 3 is 2.14 bits per heavy atom. The van der Waals surface area contributed by atoms with E-state index in [1.807, 2.05) is 72.5 Å². The molecule has 0 radical (unpaired) electrons. The molecule has 1 aliphatic rings. The van der Waals surface area contributed by atoms with E-state index in [1.54, 1.807) is 25.0 Å². The standard InChI is InChI=1S/C21H14F3N3.C11H7F2N2.Pt/c22-21(23,24)17-11-13-19(14-12-17)27-15-26(18-9-5-2-6-10-18)20(25-27)16-7-3-1-4-8-16;1-7-4-5-14-9(6-7)8-2-3-10(12)15-11(8)13;/h1-13,15H;3-6H,1H3;/q-2;-1;. The van der Waals surface area contributed by atoms with Gasteiger partial charge in [0.2, 0.25) is 0 Å². The SMILES string of the molecule is Cc1ccnc(-c2[c-]cc(F)nc2F)c1.FC(F)(F)c1c[c-]c(N2[CH-]N(c3ccccc3)C(c3ccccc3)=N2)cc1.[Pt]. The Morgan fingerprint density at radius 1 is 0.837 bits per heavy atom. The molecule has 0 unspecified atom stereocenters. The average Bonchev–Trinajstić information content (AvgIpc) is 3.44. The van der Waals surface area contributed by atoms with Crippen molar-refractivity contribution in [2.24, 2.45) is 5.10 Å². The average molecular weight is 766 g/mol. The Morgan fingerprint density at radius 2 is 1.53 bits per heavy atom. The first-order valence-corrected chi connectivity index (χ1v) is 12.6. The minimum atomic E-state index is -4.39. The fourth-order valence-corrected chi connectivity index (χ4v) is 3.98. The molecular weight excluding hydrogens is 744 g/mol. The second-order valence-electron chi connectivity index (χ2n) is 9.02. The third kappa shape index (κ3) is 7.70. The van der Waals surface area contributed by atoms with Gasteiger partial charge in [0.25, 0.3) is 0 Å². The maximum absolute atomic E-state index is 13.2. The van der Waals surface area contributed by atoms with E-state index in [0.717, 1.165) is 35.0 Å². The summed E-state index contributed by atoms with van der Waals surface area (Å²) in [7, 11) is 0. The molecule has 1 aliphatic heterocycles. The number of hydrazone groups is 1. The van der Waals surface area contributed by atoms with Gasteiger partial charge in [-0.1, -0.05) is 83.0 Å². The van der Waals surface area contributed by atoms with Crippen LogP contribution in [0.25, 0.3) is 11.3 Å². The van der Waals surface area contributed by atoms with Crippen molar-refractivity contribution in [2.75, 3.05) is 9.91 Å². The van der Waals surface area contributed by atoms with Gasteiger partial charge >= 0.3 is 6.18 Å². The Kier molecular flexibility index (Phi) is 10.0. The molecule has 3 aromatic carbocycles. The number of hydrogen-bond acceptors (Lipinski definition) is 5. The zero-order valence-corrected chi connectivity index (χ0v) is 24.6. The van der Waals surface area contributed by atoms with E-state index in [4.69, 9.17) is 0 Å².